The second-order valence-electron chi connectivity index (χ2n) is 3.66. The molecule has 0 aliphatic heterocycles. The second kappa shape index (κ2) is 6.66. The number of carbonyl (C=O) groups is 1. The Labute approximate surface area is 114 Å². The number of nitrogens with zero attached hydrogens (tertiary/aromatic N) is 3. The lowest BCUT2D eigenvalue weighted by Crippen LogP contribution is -2.14. The van der Waals surface area contributed by atoms with Gasteiger partial charge in [-0.05, 0) is 6.92 Å². The van der Waals surface area contributed by atoms with Gasteiger partial charge in [0.1, 0.15) is 12.1 Å². The van der Waals surface area contributed by atoms with E-state index in [0.717, 1.165) is 0 Å². The van der Waals surface area contributed by atoms with Crippen molar-refractivity contribution in [3.05, 3.63) is 6.20 Å². The predicted octanol–water partition coefficient (Wildman–Crippen LogP) is 0.946. The first-order chi connectivity index (χ1) is 9.72. The highest BCUT2D eigenvalue weighted by atomic mass is 16.5. The zero-order valence-corrected chi connectivity index (χ0v) is 11.2. The highest BCUT2D eigenvalue weighted by Crippen LogP contribution is 2.14. The van der Waals surface area contributed by atoms with Gasteiger partial charge in [-0.25, -0.2) is 14.8 Å². The third kappa shape index (κ3) is 3.54. The number of hydrogen-bond acceptors (Lipinski definition) is 7. The number of anilines is 1. The molecular formula is C11H15N5O4. The monoisotopic (exact) mass is 281 g/mol. The summed E-state index contributed by atoms with van der Waals surface area (Å²) in [5.74, 6) is 0.238. The van der Waals surface area contributed by atoms with Crippen molar-refractivity contribution in [2.24, 2.45) is 0 Å². The Balaban J connectivity index is 2.07. The van der Waals surface area contributed by atoms with Crippen molar-refractivity contribution in [1.29, 1.82) is 0 Å². The van der Waals surface area contributed by atoms with Crippen LogP contribution in [0.25, 0.3) is 11.2 Å². The summed E-state index contributed by atoms with van der Waals surface area (Å²) in [4.78, 5) is 26.3. The summed E-state index contributed by atoms with van der Waals surface area (Å²) in [5, 5.41) is 2.45. The summed E-state index contributed by atoms with van der Waals surface area (Å²) in [6.45, 7) is 2.79. The molecule has 0 aliphatic rings. The second-order valence-corrected chi connectivity index (χ2v) is 3.66. The molecule has 20 heavy (non-hydrogen) atoms. The SMILES string of the molecule is CCOC(=O)Nc1nc2cnc(OCCOC)nc2[nH]1. The number of H-pyrrole nitrogens is 1. The van der Waals surface area contributed by atoms with Gasteiger partial charge in [-0.15, -0.1) is 0 Å². The summed E-state index contributed by atoms with van der Waals surface area (Å²) < 4.78 is 14.9. The van der Waals surface area contributed by atoms with Crippen LogP contribution in [0.15, 0.2) is 6.20 Å². The molecule has 0 aromatic carbocycles. The Morgan fingerprint density at radius 2 is 2.25 bits per heavy atom. The zero-order chi connectivity index (χ0) is 14.4. The molecule has 2 aromatic rings. The maximum absolute atomic E-state index is 11.3. The molecule has 0 saturated carbocycles. The van der Waals surface area contributed by atoms with Crippen molar-refractivity contribution in [3.63, 3.8) is 0 Å². The van der Waals surface area contributed by atoms with Crippen LogP contribution in [-0.4, -0.2) is 53.0 Å². The Morgan fingerprint density at radius 3 is 3.00 bits per heavy atom. The van der Waals surface area contributed by atoms with Gasteiger partial charge >= 0.3 is 12.1 Å². The lowest BCUT2D eigenvalue weighted by Gasteiger charge is -2.01. The maximum Gasteiger partial charge on any atom is 0.413 e. The van der Waals surface area contributed by atoms with E-state index in [9.17, 15) is 4.79 Å². The number of aromatic amines is 1. The Hall–Kier alpha value is -2.42. The molecule has 2 heterocycles. The van der Waals surface area contributed by atoms with E-state index in [1.165, 1.54) is 6.20 Å². The first kappa shape index (κ1) is 14.0. The number of ether oxygens (including phenoxy) is 3. The Bertz CT molecular complexity index is 585. The lowest BCUT2D eigenvalue weighted by atomic mass is 10.6. The van der Waals surface area contributed by atoms with Crippen LogP contribution in [0, 0.1) is 0 Å². The number of rotatable bonds is 6. The predicted molar refractivity (Wildman–Crippen MR) is 69.7 cm³/mol. The van der Waals surface area contributed by atoms with E-state index >= 15 is 0 Å². The maximum atomic E-state index is 11.3. The summed E-state index contributed by atoms with van der Waals surface area (Å²) in [7, 11) is 1.58. The largest absolute Gasteiger partial charge is 0.461 e. The minimum absolute atomic E-state index is 0.209. The fourth-order valence-electron chi connectivity index (χ4n) is 1.40. The summed E-state index contributed by atoms with van der Waals surface area (Å²) >= 11 is 0. The first-order valence-electron chi connectivity index (χ1n) is 6.01. The Morgan fingerprint density at radius 1 is 1.40 bits per heavy atom. The smallest absolute Gasteiger partial charge is 0.413 e. The molecule has 9 nitrogen and oxygen atoms in total. The van der Waals surface area contributed by atoms with Crippen LogP contribution in [0.3, 0.4) is 0 Å². The molecule has 2 N–H and O–H groups in total. The number of nitrogens with one attached hydrogen (secondary N) is 2. The van der Waals surface area contributed by atoms with Crippen LogP contribution < -0.4 is 10.1 Å². The van der Waals surface area contributed by atoms with Gasteiger partial charge in [-0.1, -0.05) is 0 Å². The van der Waals surface area contributed by atoms with Crippen LogP contribution in [0.4, 0.5) is 10.7 Å². The van der Waals surface area contributed by atoms with E-state index in [2.05, 4.69) is 25.3 Å². The molecule has 108 valence electrons. The van der Waals surface area contributed by atoms with E-state index in [0.29, 0.717) is 24.4 Å². The van der Waals surface area contributed by atoms with Gasteiger partial charge in [0.15, 0.2) is 5.65 Å². The van der Waals surface area contributed by atoms with Gasteiger partial charge < -0.3 is 19.2 Å². The first-order valence-corrected chi connectivity index (χ1v) is 6.01. The zero-order valence-electron chi connectivity index (χ0n) is 11.2. The molecule has 9 heteroatoms. The highest BCUT2D eigenvalue weighted by Gasteiger charge is 2.09. The standard InChI is InChI=1S/C11H15N5O4/c1-3-19-11(17)16-9-13-7-6-12-10(15-8(7)14-9)20-5-4-18-2/h6H,3-5H2,1-2H3,(H2,12,13,14,15,16,17). The van der Waals surface area contributed by atoms with Gasteiger partial charge in [0, 0.05) is 7.11 Å². The summed E-state index contributed by atoms with van der Waals surface area (Å²) in [6.07, 6.45) is 0.910. The molecule has 0 atom stereocenters. The van der Waals surface area contributed by atoms with Crippen molar-refractivity contribution < 1.29 is 19.0 Å². The van der Waals surface area contributed by atoms with Crippen molar-refractivity contribution in [1.82, 2.24) is 19.9 Å². The van der Waals surface area contributed by atoms with Crippen molar-refractivity contribution in [2.75, 3.05) is 32.2 Å². The van der Waals surface area contributed by atoms with E-state index < -0.39 is 6.09 Å². The van der Waals surface area contributed by atoms with E-state index in [-0.39, 0.29) is 18.6 Å². The molecule has 2 aromatic heterocycles. The number of carbonyl (C=O) groups excluding carboxylic acids is 1. The van der Waals surface area contributed by atoms with Gasteiger partial charge in [0.2, 0.25) is 5.95 Å². The summed E-state index contributed by atoms with van der Waals surface area (Å²) in [6, 6.07) is 0.209. The topological polar surface area (TPSA) is 111 Å². The van der Waals surface area contributed by atoms with Gasteiger partial charge in [-0.3, -0.25) is 5.32 Å². The minimum atomic E-state index is -0.587. The molecule has 0 spiro atoms. The number of fused-ring (bicyclic) bond motifs is 1. The lowest BCUT2D eigenvalue weighted by molar-refractivity contribution is 0.141. The van der Waals surface area contributed by atoms with Crippen LogP contribution in [0.5, 0.6) is 6.01 Å². The average molecular weight is 281 g/mol. The van der Waals surface area contributed by atoms with Crippen molar-refractivity contribution in [2.45, 2.75) is 6.92 Å². The fourth-order valence-corrected chi connectivity index (χ4v) is 1.40. The summed E-state index contributed by atoms with van der Waals surface area (Å²) in [5.41, 5.74) is 0.968. The molecule has 0 fully saturated rings. The van der Waals surface area contributed by atoms with Crippen LogP contribution in [0.1, 0.15) is 6.92 Å². The third-order valence-corrected chi connectivity index (χ3v) is 2.23. The molecular weight excluding hydrogens is 266 g/mol. The molecule has 0 unspecified atom stereocenters. The van der Waals surface area contributed by atoms with Crippen LogP contribution in [0.2, 0.25) is 0 Å². The van der Waals surface area contributed by atoms with Gasteiger partial charge in [0.25, 0.3) is 0 Å². The number of aromatic nitrogens is 4. The van der Waals surface area contributed by atoms with Crippen molar-refractivity contribution >= 4 is 23.2 Å². The minimum Gasteiger partial charge on any atom is -0.461 e. The molecule has 2 rings (SSSR count). The normalized spacial score (nSPS) is 10.5. The number of imidazole rings is 1. The third-order valence-electron chi connectivity index (χ3n) is 2.23. The fraction of sp³-hybridized carbons (Fsp3) is 0.455. The molecule has 1 amide bonds. The molecule has 0 bridgehead atoms. The van der Waals surface area contributed by atoms with E-state index in [4.69, 9.17) is 14.2 Å². The quantitative estimate of drug-likeness (QED) is 0.758. The molecule has 0 aliphatic carbocycles. The van der Waals surface area contributed by atoms with E-state index in [1.54, 1.807) is 14.0 Å². The van der Waals surface area contributed by atoms with Crippen LogP contribution >= 0.6 is 0 Å². The van der Waals surface area contributed by atoms with E-state index in [1.807, 2.05) is 0 Å². The Kier molecular flexibility index (Phi) is 4.66. The van der Waals surface area contributed by atoms with Crippen molar-refractivity contribution in [3.8, 4) is 6.01 Å². The van der Waals surface area contributed by atoms with Gasteiger partial charge in [-0.2, -0.15) is 4.98 Å². The average Bonchev–Trinajstić information content (AvgIpc) is 2.80. The molecule has 0 saturated heterocycles. The number of methoxy groups -OCH3 is 1. The highest BCUT2D eigenvalue weighted by molar-refractivity contribution is 5.85. The number of hydrogen-bond donors (Lipinski definition) is 2. The number of amides is 1. The van der Waals surface area contributed by atoms with Gasteiger partial charge in [0.05, 0.1) is 19.4 Å². The molecule has 0 radical (unpaired) electrons. The van der Waals surface area contributed by atoms with Crippen LogP contribution in [-0.2, 0) is 9.47 Å².